The molecule has 0 saturated carbocycles. The Labute approximate surface area is 119 Å². The highest BCUT2D eigenvalue weighted by molar-refractivity contribution is 7.99. The van der Waals surface area contributed by atoms with E-state index in [9.17, 15) is 5.11 Å². The van der Waals surface area contributed by atoms with Gasteiger partial charge >= 0.3 is 0 Å². The monoisotopic (exact) mass is 285 g/mol. The molecule has 2 unspecified atom stereocenters. The number of benzene rings is 1. The quantitative estimate of drug-likeness (QED) is 0.724. The number of nitrogens with one attached hydrogen (secondary N) is 1. The lowest BCUT2D eigenvalue weighted by atomic mass is 10.3. The summed E-state index contributed by atoms with van der Waals surface area (Å²) in [6.45, 7) is 3.81. The van der Waals surface area contributed by atoms with E-state index in [1.807, 2.05) is 24.3 Å². The van der Waals surface area contributed by atoms with Gasteiger partial charge in [-0.1, -0.05) is 19.1 Å². The zero-order valence-corrected chi connectivity index (χ0v) is 12.6. The first-order valence-electron chi connectivity index (χ1n) is 6.34. The Balaban J connectivity index is 2.27. The molecule has 0 radical (unpaired) electrons. The number of ether oxygens (including phenoxy) is 2. The molecule has 2 N–H and O–H groups in total. The molecule has 5 heteroatoms. The first-order valence-corrected chi connectivity index (χ1v) is 7.63. The van der Waals surface area contributed by atoms with Crippen molar-refractivity contribution in [3.05, 3.63) is 24.3 Å². The Morgan fingerprint density at radius 1 is 1.26 bits per heavy atom. The fourth-order valence-corrected chi connectivity index (χ4v) is 1.80. The topological polar surface area (TPSA) is 50.7 Å². The van der Waals surface area contributed by atoms with Crippen molar-refractivity contribution in [2.75, 3.05) is 33.1 Å². The van der Waals surface area contributed by atoms with Gasteiger partial charge in [0, 0.05) is 18.3 Å². The molecule has 0 bridgehead atoms. The predicted octanol–water partition coefficient (Wildman–Crippen LogP) is 1.78. The zero-order valence-electron chi connectivity index (χ0n) is 11.8. The van der Waals surface area contributed by atoms with Crippen LogP contribution in [0.25, 0.3) is 0 Å². The molecule has 19 heavy (non-hydrogen) atoms. The van der Waals surface area contributed by atoms with Gasteiger partial charge in [0.2, 0.25) is 0 Å². The number of rotatable bonds is 9. The third-order valence-corrected chi connectivity index (χ3v) is 3.69. The van der Waals surface area contributed by atoms with Crippen LogP contribution in [0.1, 0.15) is 6.92 Å². The molecule has 0 amide bonds. The van der Waals surface area contributed by atoms with Gasteiger partial charge in [0.15, 0.2) is 11.5 Å². The molecule has 0 heterocycles. The Morgan fingerprint density at radius 2 is 1.95 bits per heavy atom. The predicted molar refractivity (Wildman–Crippen MR) is 80.3 cm³/mol. The number of hydrogen-bond acceptors (Lipinski definition) is 5. The lowest BCUT2D eigenvalue weighted by molar-refractivity contribution is 0.105. The lowest BCUT2D eigenvalue weighted by Crippen LogP contribution is -2.34. The summed E-state index contributed by atoms with van der Waals surface area (Å²) in [4.78, 5) is 0. The molecule has 108 valence electrons. The molecule has 2 atom stereocenters. The maximum absolute atomic E-state index is 9.82. The second kappa shape index (κ2) is 9.07. The van der Waals surface area contributed by atoms with Gasteiger partial charge in [-0.15, -0.1) is 0 Å². The first-order chi connectivity index (χ1) is 9.17. The number of thioether (sulfide) groups is 1. The summed E-state index contributed by atoms with van der Waals surface area (Å²) < 4.78 is 10.7. The molecule has 0 fully saturated rings. The molecular formula is C14H23NO3S. The Kier molecular flexibility index (Phi) is 7.70. The minimum Gasteiger partial charge on any atom is -0.493 e. The van der Waals surface area contributed by atoms with E-state index in [-0.39, 0.29) is 6.61 Å². The van der Waals surface area contributed by atoms with Gasteiger partial charge in [0.05, 0.1) is 7.11 Å². The van der Waals surface area contributed by atoms with Crippen molar-refractivity contribution in [3.8, 4) is 11.5 Å². The largest absolute Gasteiger partial charge is 0.493 e. The van der Waals surface area contributed by atoms with E-state index in [2.05, 4.69) is 18.5 Å². The Hall–Kier alpha value is -0.910. The van der Waals surface area contributed by atoms with Crippen molar-refractivity contribution < 1.29 is 14.6 Å². The van der Waals surface area contributed by atoms with E-state index in [0.717, 1.165) is 6.54 Å². The number of para-hydroxylation sites is 2. The summed E-state index contributed by atoms with van der Waals surface area (Å²) in [7, 11) is 1.60. The SMILES string of the molecule is COc1ccccc1OCC(O)CNCC(C)SC. The zero-order chi connectivity index (χ0) is 14.1. The van der Waals surface area contributed by atoms with Crippen LogP contribution in [-0.4, -0.2) is 49.5 Å². The number of aliphatic hydroxyl groups is 1. The summed E-state index contributed by atoms with van der Waals surface area (Å²) in [6.07, 6.45) is 1.55. The molecule has 0 aliphatic carbocycles. The molecule has 0 aliphatic heterocycles. The summed E-state index contributed by atoms with van der Waals surface area (Å²) in [5.41, 5.74) is 0. The maximum atomic E-state index is 9.82. The first kappa shape index (κ1) is 16.1. The molecule has 0 saturated heterocycles. The third-order valence-electron chi connectivity index (χ3n) is 2.71. The minimum absolute atomic E-state index is 0.251. The Bertz CT molecular complexity index is 362. The minimum atomic E-state index is -0.529. The van der Waals surface area contributed by atoms with Gasteiger partial charge in [-0.3, -0.25) is 0 Å². The van der Waals surface area contributed by atoms with Gasteiger partial charge in [0.25, 0.3) is 0 Å². The lowest BCUT2D eigenvalue weighted by Gasteiger charge is -2.16. The van der Waals surface area contributed by atoms with Crippen LogP contribution in [0.5, 0.6) is 11.5 Å². The molecule has 1 aromatic rings. The average molecular weight is 285 g/mol. The van der Waals surface area contributed by atoms with Crippen LogP contribution >= 0.6 is 11.8 Å². The summed E-state index contributed by atoms with van der Waals surface area (Å²) in [6, 6.07) is 7.42. The van der Waals surface area contributed by atoms with E-state index in [0.29, 0.717) is 23.3 Å². The van der Waals surface area contributed by atoms with Crippen LogP contribution in [-0.2, 0) is 0 Å². The van der Waals surface area contributed by atoms with Crippen molar-refractivity contribution in [3.63, 3.8) is 0 Å². The number of methoxy groups -OCH3 is 1. The second-order valence-corrected chi connectivity index (χ2v) is 5.60. The van der Waals surface area contributed by atoms with E-state index < -0.39 is 6.10 Å². The third kappa shape index (κ3) is 6.18. The highest BCUT2D eigenvalue weighted by atomic mass is 32.2. The molecule has 4 nitrogen and oxygen atoms in total. The van der Waals surface area contributed by atoms with Crippen molar-refractivity contribution in [2.45, 2.75) is 18.3 Å². The van der Waals surface area contributed by atoms with Crippen LogP contribution in [0.15, 0.2) is 24.3 Å². The molecule has 0 spiro atoms. The number of hydrogen-bond donors (Lipinski definition) is 2. The van der Waals surface area contributed by atoms with Crippen LogP contribution < -0.4 is 14.8 Å². The van der Waals surface area contributed by atoms with Gasteiger partial charge in [-0.25, -0.2) is 0 Å². The highest BCUT2D eigenvalue weighted by Crippen LogP contribution is 2.25. The van der Waals surface area contributed by atoms with Gasteiger partial charge in [0.1, 0.15) is 12.7 Å². The Morgan fingerprint density at radius 3 is 2.58 bits per heavy atom. The smallest absolute Gasteiger partial charge is 0.161 e. The second-order valence-electron chi connectivity index (χ2n) is 4.32. The van der Waals surface area contributed by atoms with Crippen LogP contribution in [0.3, 0.4) is 0 Å². The van der Waals surface area contributed by atoms with Crippen LogP contribution in [0.2, 0.25) is 0 Å². The van der Waals surface area contributed by atoms with Crippen molar-refractivity contribution in [1.82, 2.24) is 5.32 Å². The normalized spacial score (nSPS) is 13.9. The summed E-state index contributed by atoms with van der Waals surface area (Å²) in [5, 5.41) is 13.6. The molecular weight excluding hydrogens is 262 g/mol. The van der Waals surface area contributed by atoms with Crippen LogP contribution in [0.4, 0.5) is 0 Å². The molecule has 0 aliphatic rings. The summed E-state index contributed by atoms with van der Waals surface area (Å²) >= 11 is 1.80. The van der Waals surface area contributed by atoms with Gasteiger partial charge in [-0.2, -0.15) is 11.8 Å². The van der Waals surface area contributed by atoms with E-state index in [1.165, 1.54) is 0 Å². The van der Waals surface area contributed by atoms with Crippen molar-refractivity contribution >= 4 is 11.8 Å². The maximum Gasteiger partial charge on any atom is 0.161 e. The standard InChI is InChI=1S/C14H23NO3S/c1-11(19-3)8-15-9-12(16)10-18-14-7-5-4-6-13(14)17-2/h4-7,11-12,15-16H,8-10H2,1-3H3. The molecule has 1 rings (SSSR count). The molecule has 1 aromatic carbocycles. The van der Waals surface area contributed by atoms with Gasteiger partial charge < -0.3 is 19.9 Å². The van der Waals surface area contributed by atoms with E-state index in [1.54, 1.807) is 18.9 Å². The van der Waals surface area contributed by atoms with Crippen LogP contribution in [0, 0.1) is 0 Å². The van der Waals surface area contributed by atoms with E-state index in [4.69, 9.17) is 9.47 Å². The van der Waals surface area contributed by atoms with Crippen molar-refractivity contribution in [1.29, 1.82) is 0 Å². The fourth-order valence-electron chi connectivity index (χ4n) is 1.52. The van der Waals surface area contributed by atoms with Gasteiger partial charge in [-0.05, 0) is 18.4 Å². The van der Waals surface area contributed by atoms with E-state index >= 15 is 0 Å². The fraction of sp³-hybridized carbons (Fsp3) is 0.571. The van der Waals surface area contributed by atoms with Crippen molar-refractivity contribution in [2.24, 2.45) is 0 Å². The molecule has 0 aromatic heterocycles. The summed E-state index contributed by atoms with van der Waals surface area (Å²) in [5.74, 6) is 1.33. The average Bonchev–Trinajstić information content (AvgIpc) is 2.45. The number of aliphatic hydroxyl groups excluding tert-OH is 1. The highest BCUT2D eigenvalue weighted by Gasteiger charge is 2.08.